The van der Waals surface area contributed by atoms with Crippen LogP contribution in [0.2, 0.25) is 0 Å². The summed E-state index contributed by atoms with van der Waals surface area (Å²) >= 11 is 18.5. The molecule has 0 saturated heterocycles. The van der Waals surface area contributed by atoms with Crippen LogP contribution < -0.4 is 0 Å². The first-order chi connectivity index (χ1) is 13.1. The lowest BCUT2D eigenvalue weighted by Gasteiger charge is -2.31. The summed E-state index contributed by atoms with van der Waals surface area (Å²) in [6, 6.07) is 4.86. The fourth-order valence-corrected chi connectivity index (χ4v) is 8.68. The predicted molar refractivity (Wildman–Crippen MR) is 138 cm³/mol. The molecule has 0 saturated carbocycles. The van der Waals surface area contributed by atoms with Crippen molar-refractivity contribution < 1.29 is 0 Å². The molecule has 6 heteroatoms. The van der Waals surface area contributed by atoms with Gasteiger partial charge in [0.2, 0.25) is 0 Å². The highest BCUT2D eigenvalue weighted by Gasteiger charge is 2.45. The fraction of sp³-hybridized carbons (Fsp3) is 0.619. The minimum Gasteiger partial charge on any atom is -0.127 e. The molecule has 0 atom stereocenters. The van der Waals surface area contributed by atoms with Crippen LogP contribution >= 0.6 is 86.4 Å². The van der Waals surface area contributed by atoms with Crippen LogP contribution in [0.25, 0.3) is 9.75 Å². The van der Waals surface area contributed by atoms with E-state index in [2.05, 4.69) is 75.9 Å². The Kier molecular flexibility index (Phi) is 9.44. The lowest BCUT2D eigenvalue weighted by atomic mass is 9.71. The fourth-order valence-electron chi connectivity index (χ4n) is 4.33. The lowest BCUT2D eigenvalue weighted by Crippen LogP contribution is -2.25. The van der Waals surface area contributed by atoms with Gasteiger partial charge in [0.25, 0.3) is 0 Å². The number of hydrogen-bond acceptors (Lipinski definition) is 2. The van der Waals surface area contributed by atoms with Gasteiger partial charge >= 0.3 is 0 Å². The maximum Gasteiger partial charge on any atom is 0.0708 e. The monoisotopic (exact) mass is 658 g/mol. The Labute approximate surface area is 205 Å². The minimum atomic E-state index is 0.235. The van der Waals surface area contributed by atoms with Crippen molar-refractivity contribution in [2.45, 2.75) is 69.6 Å². The normalized spacial score (nSPS) is 14.5. The van der Waals surface area contributed by atoms with Gasteiger partial charge in [0.15, 0.2) is 0 Å². The third kappa shape index (κ3) is 5.33. The average Bonchev–Trinajstić information content (AvgIpc) is 3.27. The van der Waals surface area contributed by atoms with Crippen LogP contribution in [-0.2, 0) is 5.41 Å². The van der Waals surface area contributed by atoms with E-state index in [1.807, 2.05) is 22.7 Å². The van der Waals surface area contributed by atoms with E-state index < -0.39 is 0 Å². The van der Waals surface area contributed by atoms with Crippen molar-refractivity contribution in [2.24, 2.45) is 0 Å². The summed E-state index contributed by atoms with van der Waals surface area (Å²) < 4.78 is 2.57. The molecule has 1 aliphatic carbocycles. The molecule has 0 N–H and O–H groups in total. The Bertz CT molecular complexity index is 672. The third-order valence-corrected chi connectivity index (χ3v) is 10.2. The second-order valence-electron chi connectivity index (χ2n) is 7.38. The Morgan fingerprint density at radius 3 is 1.44 bits per heavy atom. The lowest BCUT2D eigenvalue weighted by molar-refractivity contribution is 0.402. The number of alkyl halides is 2. The molecule has 150 valence electrons. The highest BCUT2D eigenvalue weighted by molar-refractivity contribution is 9.11. The summed E-state index contributed by atoms with van der Waals surface area (Å²) in [5.41, 5.74) is 3.45. The summed E-state index contributed by atoms with van der Waals surface area (Å²) in [4.78, 5) is 3.04. The van der Waals surface area contributed by atoms with Crippen LogP contribution in [0.1, 0.15) is 75.3 Å². The van der Waals surface area contributed by atoms with Gasteiger partial charge in [-0.3, -0.25) is 0 Å². The molecule has 3 rings (SSSR count). The first-order valence-corrected chi connectivity index (χ1v) is 15.3. The van der Waals surface area contributed by atoms with Gasteiger partial charge < -0.3 is 0 Å². The average molecular weight is 662 g/mol. The summed E-state index contributed by atoms with van der Waals surface area (Å²) in [5.74, 6) is 0. The van der Waals surface area contributed by atoms with Gasteiger partial charge in [-0.15, -0.1) is 22.7 Å². The molecule has 1 aliphatic rings. The van der Waals surface area contributed by atoms with Crippen LogP contribution in [-0.4, -0.2) is 10.7 Å². The van der Waals surface area contributed by atoms with Crippen molar-refractivity contribution in [3.05, 3.63) is 30.8 Å². The molecular weight excluding hydrogens is 636 g/mol. The standard InChI is InChI=1S/C21H26Br4S2/c22-11-7-3-1-5-9-21(10-6-2-4-8-12-23)15-13-17(24)26-19(15)20-16(21)14-18(25)27-20/h13-14H,1-12H2. The van der Waals surface area contributed by atoms with Gasteiger partial charge in [0.05, 0.1) is 7.57 Å². The molecule has 0 fully saturated rings. The molecule has 0 unspecified atom stereocenters. The van der Waals surface area contributed by atoms with Gasteiger partial charge in [0.1, 0.15) is 0 Å². The van der Waals surface area contributed by atoms with E-state index in [0.29, 0.717) is 0 Å². The topological polar surface area (TPSA) is 0 Å². The van der Waals surface area contributed by atoms with E-state index in [0.717, 1.165) is 10.7 Å². The van der Waals surface area contributed by atoms with E-state index in [-0.39, 0.29) is 5.41 Å². The van der Waals surface area contributed by atoms with Crippen molar-refractivity contribution >= 4 is 86.4 Å². The Morgan fingerprint density at radius 1 is 0.630 bits per heavy atom. The Morgan fingerprint density at radius 2 is 1.04 bits per heavy atom. The number of rotatable bonds is 12. The molecule has 2 aromatic heterocycles. The molecule has 0 aliphatic heterocycles. The van der Waals surface area contributed by atoms with Crippen molar-refractivity contribution in [3.8, 4) is 9.75 Å². The quantitative estimate of drug-likeness (QED) is 0.157. The largest absolute Gasteiger partial charge is 0.127 e. The number of halogens is 4. The molecule has 0 amide bonds. The highest BCUT2D eigenvalue weighted by atomic mass is 79.9. The maximum atomic E-state index is 3.77. The zero-order valence-corrected chi connectivity index (χ0v) is 23.4. The number of thiophene rings is 2. The van der Waals surface area contributed by atoms with E-state index in [1.54, 1.807) is 11.1 Å². The zero-order chi connectivity index (χ0) is 19.3. The highest BCUT2D eigenvalue weighted by Crippen LogP contribution is 2.60. The van der Waals surface area contributed by atoms with Gasteiger partial charge in [-0.2, -0.15) is 0 Å². The SMILES string of the molecule is BrCCCCCCC1(CCCCCCBr)c2cc(Br)sc2-c2sc(Br)cc21. The van der Waals surface area contributed by atoms with Gasteiger partial charge in [0, 0.05) is 25.8 Å². The second-order valence-corrected chi connectivity index (χ2v) is 13.8. The Balaban J connectivity index is 1.83. The van der Waals surface area contributed by atoms with E-state index in [9.17, 15) is 0 Å². The van der Waals surface area contributed by atoms with Crippen LogP contribution in [0.15, 0.2) is 19.7 Å². The van der Waals surface area contributed by atoms with Crippen LogP contribution in [0.3, 0.4) is 0 Å². The van der Waals surface area contributed by atoms with Crippen LogP contribution in [0, 0.1) is 0 Å². The van der Waals surface area contributed by atoms with Gasteiger partial charge in [-0.25, -0.2) is 0 Å². The molecule has 0 bridgehead atoms. The van der Waals surface area contributed by atoms with Gasteiger partial charge in [-0.1, -0.05) is 70.4 Å². The first-order valence-electron chi connectivity index (χ1n) is 9.84. The van der Waals surface area contributed by atoms with E-state index in [1.165, 1.54) is 81.5 Å². The van der Waals surface area contributed by atoms with Crippen molar-refractivity contribution in [1.29, 1.82) is 0 Å². The van der Waals surface area contributed by atoms with Crippen LogP contribution in [0.4, 0.5) is 0 Å². The molecule has 0 radical (unpaired) electrons. The molecule has 0 spiro atoms. The Hall–Kier alpha value is 1.32. The molecule has 2 heterocycles. The van der Waals surface area contributed by atoms with Crippen molar-refractivity contribution in [1.82, 2.24) is 0 Å². The molecule has 0 aromatic carbocycles. The molecule has 2 aromatic rings. The van der Waals surface area contributed by atoms with Crippen molar-refractivity contribution in [3.63, 3.8) is 0 Å². The third-order valence-electron chi connectivity index (χ3n) is 5.62. The summed E-state index contributed by atoms with van der Waals surface area (Å²) in [5, 5.41) is 2.27. The zero-order valence-electron chi connectivity index (χ0n) is 15.5. The van der Waals surface area contributed by atoms with E-state index in [4.69, 9.17) is 0 Å². The first kappa shape index (κ1) is 23.0. The van der Waals surface area contributed by atoms with E-state index >= 15 is 0 Å². The smallest absolute Gasteiger partial charge is 0.0708 e. The number of fused-ring (bicyclic) bond motifs is 3. The van der Waals surface area contributed by atoms with Gasteiger partial charge in [-0.05, 0) is 80.8 Å². The number of unbranched alkanes of at least 4 members (excludes halogenated alkanes) is 6. The summed E-state index contributed by atoms with van der Waals surface area (Å²) in [6.45, 7) is 0. The summed E-state index contributed by atoms with van der Waals surface area (Å²) in [7, 11) is 0. The maximum absolute atomic E-state index is 3.77. The van der Waals surface area contributed by atoms with Crippen molar-refractivity contribution in [2.75, 3.05) is 10.7 Å². The number of hydrogen-bond donors (Lipinski definition) is 0. The predicted octanol–water partition coefficient (Wildman–Crippen LogP) is 10.3. The van der Waals surface area contributed by atoms with Crippen LogP contribution in [0.5, 0.6) is 0 Å². The molecule has 27 heavy (non-hydrogen) atoms. The summed E-state index contributed by atoms with van der Waals surface area (Å²) in [6.07, 6.45) is 13.2. The molecule has 0 nitrogen and oxygen atoms in total. The second kappa shape index (κ2) is 11.1. The molecular formula is C21H26Br4S2. The minimum absolute atomic E-state index is 0.235.